The molecule has 1 aromatic rings. The molecule has 0 aliphatic heterocycles. The maximum absolute atomic E-state index is 11.4. The number of amides is 2. The SMILES string of the molecule is CC(C)CNC(=O)NCc1cccc(Cl)c1. The van der Waals surface area contributed by atoms with E-state index in [1.807, 2.05) is 24.3 Å². The van der Waals surface area contributed by atoms with E-state index in [1.165, 1.54) is 0 Å². The summed E-state index contributed by atoms with van der Waals surface area (Å²) in [6.45, 7) is 5.28. The summed E-state index contributed by atoms with van der Waals surface area (Å²) in [5.74, 6) is 0.455. The Morgan fingerprint density at radius 3 is 2.75 bits per heavy atom. The van der Waals surface area contributed by atoms with Crippen molar-refractivity contribution in [3.63, 3.8) is 0 Å². The van der Waals surface area contributed by atoms with Gasteiger partial charge in [0, 0.05) is 18.1 Å². The largest absolute Gasteiger partial charge is 0.338 e. The summed E-state index contributed by atoms with van der Waals surface area (Å²) >= 11 is 5.83. The van der Waals surface area contributed by atoms with Gasteiger partial charge in [0.25, 0.3) is 0 Å². The van der Waals surface area contributed by atoms with Crippen LogP contribution in [0.3, 0.4) is 0 Å². The first-order valence-corrected chi connectivity index (χ1v) is 5.72. The van der Waals surface area contributed by atoms with Crippen LogP contribution in [0.15, 0.2) is 24.3 Å². The number of benzene rings is 1. The summed E-state index contributed by atoms with van der Waals surface area (Å²) in [7, 11) is 0. The van der Waals surface area contributed by atoms with Gasteiger partial charge in [-0.05, 0) is 23.6 Å². The van der Waals surface area contributed by atoms with Gasteiger partial charge in [0.1, 0.15) is 0 Å². The maximum atomic E-state index is 11.4. The Morgan fingerprint density at radius 1 is 1.38 bits per heavy atom. The molecule has 4 heteroatoms. The first kappa shape index (κ1) is 12.8. The van der Waals surface area contributed by atoms with Crippen molar-refractivity contribution in [2.24, 2.45) is 5.92 Å². The van der Waals surface area contributed by atoms with Crippen LogP contribution in [0.1, 0.15) is 19.4 Å². The van der Waals surface area contributed by atoms with Crippen LogP contribution in [0.4, 0.5) is 4.79 Å². The Morgan fingerprint density at radius 2 is 2.12 bits per heavy atom. The van der Waals surface area contributed by atoms with Crippen LogP contribution < -0.4 is 10.6 Å². The van der Waals surface area contributed by atoms with Crippen LogP contribution >= 0.6 is 11.6 Å². The quantitative estimate of drug-likeness (QED) is 0.835. The highest BCUT2D eigenvalue weighted by molar-refractivity contribution is 6.30. The number of carbonyl (C=O) groups excluding carboxylic acids is 1. The lowest BCUT2D eigenvalue weighted by Crippen LogP contribution is -2.36. The van der Waals surface area contributed by atoms with E-state index in [9.17, 15) is 4.79 Å². The smallest absolute Gasteiger partial charge is 0.315 e. The molecule has 2 N–H and O–H groups in total. The van der Waals surface area contributed by atoms with Crippen molar-refractivity contribution in [3.05, 3.63) is 34.9 Å². The van der Waals surface area contributed by atoms with Crippen LogP contribution in [-0.2, 0) is 6.54 Å². The average Bonchev–Trinajstić information content (AvgIpc) is 2.23. The molecule has 0 saturated heterocycles. The van der Waals surface area contributed by atoms with Gasteiger partial charge in [-0.15, -0.1) is 0 Å². The molecule has 16 heavy (non-hydrogen) atoms. The molecule has 0 heterocycles. The summed E-state index contributed by atoms with van der Waals surface area (Å²) in [5, 5.41) is 6.24. The first-order chi connectivity index (χ1) is 7.58. The second kappa shape index (κ2) is 6.38. The van der Waals surface area contributed by atoms with Crippen molar-refractivity contribution >= 4 is 17.6 Å². The van der Waals surface area contributed by atoms with E-state index < -0.39 is 0 Å². The predicted molar refractivity (Wildman–Crippen MR) is 66.5 cm³/mol. The average molecular weight is 241 g/mol. The molecule has 2 amide bonds. The van der Waals surface area contributed by atoms with E-state index in [0.717, 1.165) is 5.56 Å². The van der Waals surface area contributed by atoms with Crippen LogP contribution in [0, 0.1) is 5.92 Å². The van der Waals surface area contributed by atoms with Gasteiger partial charge in [0.2, 0.25) is 0 Å². The first-order valence-electron chi connectivity index (χ1n) is 5.34. The second-order valence-electron chi connectivity index (χ2n) is 4.09. The molecule has 0 bridgehead atoms. The van der Waals surface area contributed by atoms with Gasteiger partial charge >= 0.3 is 6.03 Å². The monoisotopic (exact) mass is 240 g/mol. The summed E-state index contributed by atoms with van der Waals surface area (Å²) in [5.41, 5.74) is 0.993. The van der Waals surface area contributed by atoms with E-state index in [1.54, 1.807) is 0 Å². The number of nitrogens with one attached hydrogen (secondary N) is 2. The Hall–Kier alpha value is -1.22. The van der Waals surface area contributed by atoms with Crippen molar-refractivity contribution < 1.29 is 4.79 Å². The molecule has 0 atom stereocenters. The zero-order valence-corrected chi connectivity index (χ0v) is 10.3. The molecule has 0 radical (unpaired) electrons. The lowest BCUT2D eigenvalue weighted by molar-refractivity contribution is 0.239. The van der Waals surface area contributed by atoms with Crippen LogP contribution in [-0.4, -0.2) is 12.6 Å². The Bertz CT molecular complexity index is 353. The minimum absolute atomic E-state index is 0.145. The van der Waals surface area contributed by atoms with Gasteiger partial charge in [0.15, 0.2) is 0 Å². The van der Waals surface area contributed by atoms with Gasteiger partial charge in [-0.25, -0.2) is 4.79 Å². The van der Waals surface area contributed by atoms with E-state index in [0.29, 0.717) is 24.0 Å². The van der Waals surface area contributed by atoms with E-state index >= 15 is 0 Å². The minimum atomic E-state index is -0.145. The molecule has 1 aromatic carbocycles. The van der Waals surface area contributed by atoms with Crippen LogP contribution in [0.2, 0.25) is 5.02 Å². The van der Waals surface area contributed by atoms with Crippen molar-refractivity contribution in [1.82, 2.24) is 10.6 Å². The van der Waals surface area contributed by atoms with Gasteiger partial charge in [0.05, 0.1) is 0 Å². The van der Waals surface area contributed by atoms with Gasteiger partial charge in [-0.3, -0.25) is 0 Å². The summed E-state index contributed by atoms with van der Waals surface area (Å²) in [6.07, 6.45) is 0. The molecule has 0 aromatic heterocycles. The van der Waals surface area contributed by atoms with E-state index in [4.69, 9.17) is 11.6 Å². The number of carbonyl (C=O) groups is 1. The highest BCUT2D eigenvalue weighted by Crippen LogP contribution is 2.09. The fourth-order valence-electron chi connectivity index (χ4n) is 1.19. The molecular formula is C12H17ClN2O. The molecule has 88 valence electrons. The molecule has 0 saturated carbocycles. The molecule has 0 fully saturated rings. The fourth-order valence-corrected chi connectivity index (χ4v) is 1.40. The molecule has 0 aliphatic rings. The maximum Gasteiger partial charge on any atom is 0.315 e. The summed E-state index contributed by atoms with van der Waals surface area (Å²) in [6, 6.07) is 7.29. The third-order valence-corrected chi connectivity index (χ3v) is 2.25. The predicted octanol–water partition coefficient (Wildman–Crippen LogP) is 2.80. The Kier molecular flexibility index (Phi) is 5.12. The lowest BCUT2D eigenvalue weighted by Gasteiger charge is -2.09. The van der Waals surface area contributed by atoms with E-state index in [-0.39, 0.29) is 6.03 Å². The number of halogens is 1. The topological polar surface area (TPSA) is 41.1 Å². The number of hydrogen-bond donors (Lipinski definition) is 2. The highest BCUT2D eigenvalue weighted by Gasteiger charge is 2.01. The van der Waals surface area contributed by atoms with E-state index in [2.05, 4.69) is 24.5 Å². The zero-order valence-electron chi connectivity index (χ0n) is 9.59. The van der Waals surface area contributed by atoms with Crippen molar-refractivity contribution in [2.75, 3.05) is 6.54 Å². The molecule has 0 spiro atoms. The number of rotatable bonds is 4. The zero-order chi connectivity index (χ0) is 12.0. The molecule has 0 aliphatic carbocycles. The summed E-state index contributed by atoms with van der Waals surface area (Å²) in [4.78, 5) is 11.4. The van der Waals surface area contributed by atoms with Crippen molar-refractivity contribution in [1.29, 1.82) is 0 Å². The highest BCUT2D eigenvalue weighted by atomic mass is 35.5. The molecule has 1 rings (SSSR count). The standard InChI is InChI=1S/C12H17ClN2O/c1-9(2)7-14-12(16)15-8-10-4-3-5-11(13)6-10/h3-6,9H,7-8H2,1-2H3,(H2,14,15,16). The lowest BCUT2D eigenvalue weighted by atomic mass is 10.2. The minimum Gasteiger partial charge on any atom is -0.338 e. The third kappa shape index (κ3) is 5.03. The summed E-state index contributed by atoms with van der Waals surface area (Å²) < 4.78 is 0. The van der Waals surface area contributed by atoms with Crippen molar-refractivity contribution in [2.45, 2.75) is 20.4 Å². The van der Waals surface area contributed by atoms with Crippen molar-refractivity contribution in [3.8, 4) is 0 Å². The van der Waals surface area contributed by atoms with Crippen LogP contribution in [0.5, 0.6) is 0 Å². The molecule has 0 unspecified atom stereocenters. The van der Waals surface area contributed by atoms with Gasteiger partial charge in [-0.2, -0.15) is 0 Å². The normalized spacial score (nSPS) is 10.2. The fraction of sp³-hybridized carbons (Fsp3) is 0.417. The third-order valence-electron chi connectivity index (χ3n) is 2.01. The number of hydrogen-bond acceptors (Lipinski definition) is 1. The Balaban J connectivity index is 2.31. The van der Waals surface area contributed by atoms with Crippen LogP contribution in [0.25, 0.3) is 0 Å². The Labute approximate surface area is 101 Å². The molecular weight excluding hydrogens is 224 g/mol. The number of urea groups is 1. The van der Waals surface area contributed by atoms with Gasteiger partial charge < -0.3 is 10.6 Å². The van der Waals surface area contributed by atoms with Gasteiger partial charge in [-0.1, -0.05) is 37.6 Å². The second-order valence-corrected chi connectivity index (χ2v) is 4.52. The molecule has 3 nitrogen and oxygen atoms in total.